The molecule has 2 aromatic rings. The summed E-state index contributed by atoms with van der Waals surface area (Å²) in [6.07, 6.45) is -4.45. The van der Waals surface area contributed by atoms with Crippen molar-refractivity contribution in [3.8, 4) is 0 Å². The van der Waals surface area contributed by atoms with Crippen molar-refractivity contribution < 1.29 is 13.2 Å². The molecule has 0 aliphatic heterocycles. The van der Waals surface area contributed by atoms with Gasteiger partial charge in [-0.15, -0.1) is 0 Å². The molecule has 1 aromatic heterocycles. The SMILES string of the molecule is CN(Cc1ccc(Cl)cc1)c1cc(C(F)(F)F)cc(N)n1. The van der Waals surface area contributed by atoms with Crippen LogP contribution in [0, 0.1) is 0 Å². The van der Waals surface area contributed by atoms with E-state index < -0.39 is 11.7 Å². The van der Waals surface area contributed by atoms with E-state index in [1.54, 1.807) is 36.2 Å². The van der Waals surface area contributed by atoms with Crippen molar-refractivity contribution in [3.05, 3.63) is 52.5 Å². The van der Waals surface area contributed by atoms with Gasteiger partial charge in [-0.05, 0) is 29.8 Å². The molecular weight excluding hydrogens is 303 g/mol. The predicted octanol–water partition coefficient (Wildman–Crippen LogP) is 3.97. The summed E-state index contributed by atoms with van der Waals surface area (Å²) in [6, 6.07) is 8.84. The highest BCUT2D eigenvalue weighted by Crippen LogP contribution is 2.32. The Bertz CT molecular complexity index is 626. The third kappa shape index (κ3) is 4.01. The Hall–Kier alpha value is -1.95. The molecule has 2 rings (SSSR count). The van der Waals surface area contributed by atoms with Crippen LogP contribution in [0.4, 0.5) is 24.8 Å². The molecule has 0 saturated carbocycles. The summed E-state index contributed by atoms with van der Waals surface area (Å²) in [6.45, 7) is 0.394. The van der Waals surface area contributed by atoms with Crippen LogP contribution in [0.15, 0.2) is 36.4 Å². The number of rotatable bonds is 3. The molecule has 0 bridgehead atoms. The van der Waals surface area contributed by atoms with Gasteiger partial charge in [-0.3, -0.25) is 0 Å². The van der Waals surface area contributed by atoms with E-state index in [1.165, 1.54) is 0 Å². The van der Waals surface area contributed by atoms with Crippen molar-refractivity contribution in [1.29, 1.82) is 0 Å². The number of nitrogens with two attached hydrogens (primary N) is 1. The fourth-order valence-electron chi connectivity index (χ4n) is 1.84. The number of aromatic nitrogens is 1. The zero-order valence-corrected chi connectivity index (χ0v) is 11.9. The van der Waals surface area contributed by atoms with Crippen LogP contribution in [-0.2, 0) is 12.7 Å². The van der Waals surface area contributed by atoms with Gasteiger partial charge in [0.15, 0.2) is 0 Å². The highest BCUT2D eigenvalue weighted by molar-refractivity contribution is 6.30. The second kappa shape index (κ2) is 5.81. The zero-order chi connectivity index (χ0) is 15.6. The lowest BCUT2D eigenvalue weighted by Crippen LogP contribution is -2.19. The summed E-state index contributed by atoms with van der Waals surface area (Å²) in [5, 5.41) is 0.600. The Kier molecular flexibility index (Phi) is 4.27. The first-order valence-corrected chi connectivity index (χ1v) is 6.44. The zero-order valence-electron chi connectivity index (χ0n) is 11.2. The molecule has 3 nitrogen and oxygen atoms in total. The smallest absolute Gasteiger partial charge is 0.384 e. The Morgan fingerprint density at radius 3 is 2.38 bits per heavy atom. The number of hydrogen-bond acceptors (Lipinski definition) is 3. The maximum Gasteiger partial charge on any atom is 0.416 e. The molecule has 0 unspecified atom stereocenters. The molecule has 0 radical (unpaired) electrons. The second-order valence-corrected chi connectivity index (χ2v) is 5.06. The van der Waals surface area contributed by atoms with E-state index in [-0.39, 0.29) is 11.6 Å². The molecule has 112 valence electrons. The van der Waals surface area contributed by atoms with Crippen LogP contribution in [0.25, 0.3) is 0 Å². The molecule has 0 saturated heterocycles. The number of pyridine rings is 1. The van der Waals surface area contributed by atoms with Crippen LogP contribution < -0.4 is 10.6 Å². The first kappa shape index (κ1) is 15.4. The maximum atomic E-state index is 12.8. The lowest BCUT2D eigenvalue weighted by molar-refractivity contribution is -0.137. The predicted molar refractivity (Wildman–Crippen MR) is 77.2 cm³/mol. The van der Waals surface area contributed by atoms with Gasteiger partial charge in [-0.2, -0.15) is 13.2 Å². The highest BCUT2D eigenvalue weighted by atomic mass is 35.5. The second-order valence-electron chi connectivity index (χ2n) is 4.62. The van der Waals surface area contributed by atoms with Crippen LogP contribution in [0.2, 0.25) is 5.02 Å². The molecule has 0 aliphatic carbocycles. The molecule has 0 atom stereocenters. The molecule has 1 aromatic carbocycles. The van der Waals surface area contributed by atoms with Gasteiger partial charge in [0.05, 0.1) is 5.56 Å². The van der Waals surface area contributed by atoms with E-state index in [0.29, 0.717) is 11.6 Å². The summed E-state index contributed by atoms with van der Waals surface area (Å²) in [7, 11) is 1.65. The van der Waals surface area contributed by atoms with Gasteiger partial charge in [0.2, 0.25) is 0 Å². The monoisotopic (exact) mass is 315 g/mol. The van der Waals surface area contributed by atoms with Crippen molar-refractivity contribution in [3.63, 3.8) is 0 Å². The number of hydrogen-bond donors (Lipinski definition) is 1. The number of halogens is 4. The Morgan fingerprint density at radius 1 is 1.19 bits per heavy atom. The van der Waals surface area contributed by atoms with Crippen molar-refractivity contribution >= 4 is 23.2 Å². The molecule has 0 aliphatic rings. The van der Waals surface area contributed by atoms with Gasteiger partial charge in [-0.25, -0.2) is 4.98 Å². The molecule has 21 heavy (non-hydrogen) atoms. The highest BCUT2D eigenvalue weighted by Gasteiger charge is 2.31. The maximum absolute atomic E-state index is 12.8. The van der Waals surface area contributed by atoms with E-state index >= 15 is 0 Å². The van der Waals surface area contributed by atoms with E-state index in [0.717, 1.165) is 17.7 Å². The summed E-state index contributed by atoms with van der Waals surface area (Å²) in [5.41, 5.74) is 5.54. The Morgan fingerprint density at radius 2 is 1.81 bits per heavy atom. The molecule has 0 fully saturated rings. The van der Waals surface area contributed by atoms with E-state index in [2.05, 4.69) is 4.98 Å². The van der Waals surface area contributed by atoms with Gasteiger partial charge in [0, 0.05) is 18.6 Å². The van der Waals surface area contributed by atoms with Crippen LogP contribution in [0.3, 0.4) is 0 Å². The average molecular weight is 316 g/mol. The fraction of sp³-hybridized carbons (Fsp3) is 0.214. The summed E-state index contributed by atoms with van der Waals surface area (Å²) in [5.74, 6) is 0.0000520. The van der Waals surface area contributed by atoms with Crippen LogP contribution >= 0.6 is 11.6 Å². The van der Waals surface area contributed by atoms with Gasteiger partial charge >= 0.3 is 6.18 Å². The minimum atomic E-state index is -4.45. The van der Waals surface area contributed by atoms with Gasteiger partial charge < -0.3 is 10.6 Å². The lowest BCUT2D eigenvalue weighted by Gasteiger charge is -2.20. The minimum Gasteiger partial charge on any atom is -0.384 e. The van der Waals surface area contributed by atoms with E-state index in [4.69, 9.17) is 17.3 Å². The largest absolute Gasteiger partial charge is 0.416 e. The van der Waals surface area contributed by atoms with Gasteiger partial charge in [0.25, 0.3) is 0 Å². The minimum absolute atomic E-state index is 0.164. The quantitative estimate of drug-likeness (QED) is 0.931. The molecule has 1 heterocycles. The summed E-state index contributed by atoms with van der Waals surface area (Å²) in [4.78, 5) is 5.53. The molecule has 0 spiro atoms. The first-order chi connectivity index (χ1) is 9.75. The molecule has 2 N–H and O–H groups in total. The van der Waals surface area contributed by atoms with Gasteiger partial charge in [0.1, 0.15) is 11.6 Å². The van der Waals surface area contributed by atoms with Crippen molar-refractivity contribution in [2.24, 2.45) is 0 Å². The molecule has 0 amide bonds. The summed E-state index contributed by atoms with van der Waals surface area (Å²) >= 11 is 5.79. The van der Waals surface area contributed by atoms with Crippen molar-refractivity contribution in [2.75, 3.05) is 17.7 Å². The van der Waals surface area contributed by atoms with E-state index in [1.807, 2.05) is 0 Å². The third-order valence-electron chi connectivity index (χ3n) is 2.88. The number of alkyl halides is 3. The number of nitrogen functional groups attached to an aromatic ring is 1. The number of nitrogens with zero attached hydrogens (tertiary/aromatic N) is 2. The number of benzene rings is 1. The number of anilines is 2. The van der Waals surface area contributed by atoms with Crippen LogP contribution in [0.5, 0.6) is 0 Å². The third-order valence-corrected chi connectivity index (χ3v) is 3.14. The average Bonchev–Trinajstić information content (AvgIpc) is 2.39. The van der Waals surface area contributed by atoms with Crippen LogP contribution in [0.1, 0.15) is 11.1 Å². The standard InChI is InChI=1S/C14H13ClF3N3/c1-21(8-9-2-4-11(15)5-3-9)13-7-10(14(16,17)18)6-12(19)20-13/h2-7H,8H2,1H3,(H2,19,20). The fourth-order valence-corrected chi connectivity index (χ4v) is 1.97. The Labute approximate surface area is 125 Å². The normalized spacial score (nSPS) is 11.5. The van der Waals surface area contributed by atoms with Gasteiger partial charge in [-0.1, -0.05) is 23.7 Å². The first-order valence-electron chi connectivity index (χ1n) is 6.06. The molecule has 7 heteroatoms. The lowest BCUT2D eigenvalue weighted by atomic mass is 10.2. The van der Waals surface area contributed by atoms with Crippen molar-refractivity contribution in [2.45, 2.75) is 12.7 Å². The molecular formula is C14H13ClF3N3. The van der Waals surface area contributed by atoms with Crippen molar-refractivity contribution in [1.82, 2.24) is 4.98 Å². The summed E-state index contributed by atoms with van der Waals surface area (Å²) < 4.78 is 38.3. The Balaban J connectivity index is 2.24. The van der Waals surface area contributed by atoms with E-state index in [9.17, 15) is 13.2 Å². The van der Waals surface area contributed by atoms with Crippen LogP contribution in [-0.4, -0.2) is 12.0 Å². The topological polar surface area (TPSA) is 42.1 Å².